The average Bonchev–Trinajstić information content (AvgIpc) is 2.26. The maximum atomic E-state index is 12.1. The Kier molecular flexibility index (Phi) is 6.73. The van der Waals surface area contributed by atoms with Crippen molar-refractivity contribution in [2.75, 3.05) is 0 Å². The Hall–Kier alpha value is -1.16. The highest BCUT2D eigenvalue weighted by Gasteiger charge is 2.27. The predicted molar refractivity (Wildman–Crippen MR) is 63.8 cm³/mol. The van der Waals surface area contributed by atoms with Crippen LogP contribution in [-0.2, 0) is 0 Å². The molecule has 1 saturated carbocycles. The zero-order valence-corrected chi connectivity index (χ0v) is 10.5. The second-order valence-corrected chi connectivity index (χ2v) is 3.95. The van der Waals surface area contributed by atoms with Gasteiger partial charge in [-0.2, -0.15) is 0 Å². The maximum absolute atomic E-state index is 12.1. The SMILES string of the molecule is CC.CC1(O)CCC1.Oc1ccc(F)cc1F. The predicted octanol–water partition coefficient (Wildman–Crippen LogP) is 3.62. The van der Waals surface area contributed by atoms with E-state index in [9.17, 15) is 8.78 Å². The Morgan fingerprint density at radius 3 is 1.88 bits per heavy atom. The molecule has 0 aliphatic heterocycles. The van der Waals surface area contributed by atoms with E-state index in [1.54, 1.807) is 0 Å². The standard InChI is InChI=1S/C6H4F2O.C5H10O.C2H6/c7-4-1-2-6(9)5(8)3-4;1-5(6)3-2-4-5;1-2/h1-3,9H;6H,2-4H2,1H3;1-2H3. The molecule has 0 amide bonds. The number of hydrogen-bond donors (Lipinski definition) is 2. The van der Waals surface area contributed by atoms with Crippen molar-refractivity contribution in [2.24, 2.45) is 0 Å². The number of phenols is 1. The van der Waals surface area contributed by atoms with Gasteiger partial charge in [-0.25, -0.2) is 8.78 Å². The van der Waals surface area contributed by atoms with Gasteiger partial charge in [-0.1, -0.05) is 13.8 Å². The summed E-state index contributed by atoms with van der Waals surface area (Å²) in [6.45, 7) is 5.89. The molecular weight excluding hydrogens is 226 g/mol. The van der Waals surface area contributed by atoms with Crippen molar-refractivity contribution in [3.05, 3.63) is 29.8 Å². The normalized spacial score (nSPS) is 15.6. The summed E-state index contributed by atoms with van der Waals surface area (Å²) in [6.07, 6.45) is 3.23. The molecule has 0 saturated heterocycles. The molecule has 0 spiro atoms. The van der Waals surface area contributed by atoms with Crippen molar-refractivity contribution in [3.63, 3.8) is 0 Å². The van der Waals surface area contributed by atoms with Crippen molar-refractivity contribution in [1.82, 2.24) is 0 Å². The molecule has 98 valence electrons. The summed E-state index contributed by atoms with van der Waals surface area (Å²) in [7, 11) is 0. The first-order chi connectivity index (χ1) is 7.91. The van der Waals surface area contributed by atoms with Crippen LogP contribution in [0.4, 0.5) is 8.78 Å². The van der Waals surface area contributed by atoms with Crippen molar-refractivity contribution in [1.29, 1.82) is 0 Å². The molecule has 0 atom stereocenters. The largest absolute Gasteiger partial charge is 0.505 e. The molecule has 1 aromatic rings. The summed E-state index contributed by atoms with van der Waals surface area (Å²) in [5.41, 5.74) is -0.278. The molecule has 0 radical (unpaired) electrons. The number of rotatable bonds is 0. The third-order valence-corrected chi connectivity index (χ3v) is 2.34. The number of aromatic hydroxyl groups is 1. The summed E-state index contributed by atoms with van der Waals surface area (Å²) in [4.78, 5) is 0. The van der Waals surface area contributed by atoms with Crippen LogP contribution in [0.25, 0.3) is 0 Å². The summed E-state index contributed by atoms with van der Waals surface area (Å²) >= 11 is 0. The van der Waals surface area contributed by atoms with Gasteiger partial charge in [0.15, 0.2) is 11.6 Å². The highest BCUT2D eigenvalue weighted by molar-refractivity contribution is 5.22. The lowest BCUT2D eigenvalue weighted by Gasteiger charge is -2.31. The second kappa shape index (κ2) is 7.22. The van der Waals surface area contributed by atoms with Crippen molar-refractivity contribution in [2.45, 2.75) is 45.6 Å². The summed E-state index contributed by atoms with van der Waals surface area (Å²) in [5, 5.41) is 17.4. The molecule has 1 aliphatic rings. The Morgan fingerprint density at radius 1 is 1.18 bits per heavy atom. The van der Waals surface area contributed by atoms with Gasteiger partial charge in [-0.05, 0) is 38.3 Å². The van der Waals surface area contributed by atoms with E-state index in [0.29, 0.717) is 6.07 Å². The summed E-state index contributed by atoms with van der Waals surface area (Å²) < 4.78 is 24.1. The van der Waals surface area contributed by atoms with Crippen LogP contribution in [0.15, 0.2) is 18.2 Å². The quantitative estimate of drug-likeness (QED) is 0.734. The molecule has 17 heavy (non-hydrogen) atoms. The zero-order chi connectivity index (χ0) is 13.5. The van der Waals surface area contributed by atoms with E-state index >= 15 is 0 Å². The smallest absolute Gasteiger partial charge is 0.167 e. The Balaban J connectivity index is 0.000000278. The van der Waals surface area contributed by atoms with E-state index in [-0.39, 0.29) is 5.60 Å². The molecule has 1 aromatic carbocycles. The molecular formula is C13H20F2O2. The minimum atomic E-state index is -0.935. The van der Waals surface area contributed by atoms with Crippen molar-refractivity contribution >= 4 is 0 Å². The molecule has 0 aromatic heterocycles. The van der Waals surface area contributed by atoms with Crippen molar-refractivity contribution in [3.8, 4) is 5.75 Å². The molecule has 2 nitrogen and oxygen atoms in total. The van der Waals surface area contributed by atoms with E-state index < -0.39 is 17.4 Å². The fourth-order valence-electron chi connectivity index (χ4n) is 1.17. The summed E-state index contributed by atoms with van der Waals surface area (Å²) in [5.74, 6) is -2.16. The highest BCUT2D eigenvalue weighted by atomic mass is 19.1. The first-order valence-electron chi connectivity index (χ1n) is 5.77. The van der Waals surface area contributed by atoms with Gasteiger partial charge in [0.1, 0.15) is 5.82 Å². The third-order valence-electron chi connectivity index (χ3n) is 2.34. The Bertz CT molecular complexity index is 332. The fraction of sp³-hybridized carbons (Fsp3) is 0.538. The number of benzene rings is 1. The lowest BCUT2D eigenvalue weighted by molar-refractivity contribution is -0.0147. The second-order valence-electron chi connectivity index (χ2n) is 3.95. The van der Waals surface area contributed by atoms with Gasteiger partial charge in [0.25, 0.3) is 0 Å². The van der Waals surface area contributed by atoms with Crippen LogP contribution >= 0.6 is 0 Å². The minimum Gasteiger partial charge on any atom is -0.505 e. The van der Waals surface area contributed by atoms with Crippen LogP contribution in [0.2, 0.25) is 0 Å². The van der Waals surface area contributed by atoms with E-state index in [0.717, 1.165) is 25.0 Å². The number of hydrogen-bond acceptors (Lipinski definition) is 2. The van der Waals surface area contributed by atoms with E-state index in [1.165, 1.54) is 6.42 Å². The summed E-state index contributed by atoms with van der Waals surface area (Å²) in [6, 6.07) is 2.57. The van der Waals surface area contributed by atoms with Crippen LogP contribution in [0.5, 0.6) is 5.75 Å². The lowest BCUT2D eigenvalue weighted by Crippen LogP contribution is -2.32. The van der Waals surface area contributed by atoms with Gasteiger partial charge >= 0.3 is 0 Å². The third kappa shape index (κ3) is 6.22. The topological polar surface area (TPSA) is 40.5 Å². The molecule has 1 aliphatic carbocycles. The number of halogens is 2. The first kappa shape index (κ1) is 15.8. The number of phenolic OH excluding ortho intramolecular Hbond substituents is 1. The molecule has 0 heterocycles. The minimum absolute atomic E-state index is 0.278. The van der Waals surface area contributed by atoms with Crippen molar-refractivity contribution < 1.29 is 19.0 Å². The number of aliphatic hydroxyl groups is 1. The molecule has 0 bridgehead atoms. The van der Waals surface area contributed by atoms with E-state index in [4.69, 9.17) is 10.2 Å². The van der Waals surface area contributed by atoms with Gasteiger partial charge in [-0.3, -0.25) is 0 Å². The van der Waals surface area contributed by atoms with E-state index in [1.807, 2.05) is 20.8 Å². The first-order valence-corrected chi connectivity index (χ1v) is 5.77. The van der Waals surface area contributed by atoms with E-state index in [2.05, 4.69) is 0 Å². The van der Waals surface area contributed by atoms with Crippen LogP contribution in [0.1, 0.15) is 40.0 Å². The maximum Gasteiger partial charge on any atom is 0.167 e. The monoisotopic (exact) mass is 246 g/mol. The zero-order valence-electron chi connectivity index (χ0n) is 10.5. The van der Waals surface area contributed by atoms with Crippen LogP contribution in [-0.4, -0.2) is 15.8 Å². The molecule has 1 fully saturated rings. The molecule has 2 rings (SSSR count). The average molecular weight is 246 g/mol. The van der Waals surface area contributed by atoms with Gasteiger partial charge in [0.2, 0.25) is 0 Å². The van der Waals surface area contributed by atoms with Gasteiger partial charge < -0.3 is 10.2 Å². The molecule has 0 unspecified atom stereocenters. The Labute approximate surface area is 101 Å². The fourth-order valence-corrected chi connectivity index (χ4v) is 1.17. The Morgan fingerprint density at radius 2 is 1.65 bits per heavy atom. The molecule has 2 N–H and O–H groups in total. The van der Waals surface area contributed by atoms with Crippen LogP contribution in [0, 0.1) is 11.6 Å². The van der Waals surface area contributed by atoms with Gasteiger partial charge in [-0.15, -0.1) is 0 Å². The van der Waals surface area contributed by atoms with Gasteiger partial charge in [0, 0.05) is 6.07 Å². The molecule has 4 heteroatoms. The van der Waals surface area contributed by atoms with Crippen LogP contribution in [0.3, 0.4) is 0 Å². The van der Waals surface area contributed by atoms with Crippen LogP contribution < -0.4 is 0 Å². The lowest BCUT2D eigenvalue weighted by atomic mass is 9.82. The highest BCUT2D eigenvalue weighted by Crippen LogP contribution is 2.29. The van der Waals surface area contributed by atoms with Gasteiger partial charge in [0.05, 0.1) is 5.60 Å².